The fourth-order valence-electron chi connectivity index (χ4n) is 3.44. The molecule has 0 radical (unpaired) electrons. The monoisotopic (exact) mass is 366 g/mol. The fourth-order valence-corrected chi connectivity index (χ4v) is 7.91. The van der Waals surface area contributed by atoms with Crippen molar-refractivity contribution in [1.82, 2.24) is 0 Å². The number of hydrogen-bond donors (Lipinski definition) is 0. The lowest BCUT2D eigenvalue weighted by Gasteiger charge is -2.43. The van der Waals surface area contributed by atoms with Crippen LogP contribution in [0, 0.1) is 0 Å². The van der Waals surface area contributed by atoms with E-state index in [-0.39, 0.29) is 11.0 Å². The van der Waals surface area contributed by atoms with Gasteiger partial charge in [-0.15, -0.1) is 0 Å². The lowest BCUT2D eigenvalue weighted by Crippen LogP contribution is -2.66. The van der Waals surface area contributed by atoms with Gasteiger partial charge < -0.3 is 9.16 Å². The van der Waals surface area contributed by atoms with E-state index in [1.807, 2.05) is 36.4 Å². The van der Waals surface area contributed by atoms with Crippen molar-refractivity contribution in [3.63, 3.8) is 0 Å². The van der Waals surface area contributed by atoms with Gasteiger partial charge >= 0.3 is 14.3 Å². The zero-order valence-corrected chi connectivity index (χ0v) is 16.9. The first-order chi connectivity index (χ1) is 12.4. The van der Waals surface area contributed by atoms with E-state index in [1.54, 1.807) is 0 Å². The number of carbonyl (C=O) groups is 1. The molecule has 3 rings (SSSR count). The molecule has 1 saturated carbocycles. The zero-order chi connectivity index (χ0) is 18.8. The molecule has 26 heavy (non-hydrogen) atoms. The van der Waals surface area contributed by atoms with Gasteiger partial charge in [0.2, 0.25) is 0 Å². The number of esters is 1. The van der Waals surface area contributed by atoms with Crippen molar-refractivity contribution in [3.8, 4) is 0 Å². The van der Waals surface area contributed by atoms with Crippen LogP contribution in [0.15, 0.2) is 72.0 Å². The van der Waals surface area contributed by atoms with Gasteiger partial charge in [0.15, 0.2) is 5.76 Å². The van der Waals surface area contributed by atoms with E-state index in [0.29, 0.717) is 5.76 Å². The third-order valence-corrected chi connectivity index (χ3v) is 9.78. The van der Waals surface area contributed by atoms with Crippen LogP contribution in [0.2, 0.25) is 5.04 Å². The molecule has 0 unspecified atom stereocenters. The number of rotatable bonds is 5. The van der Waals surface area contributed by atoms with Gasteiger partial charge in [0.1, 0.15) is 0 Å². The number of carbonyl (C=O) groups excluding carboxylic acids is 1. The van der Waals surface area contributed by atoms with E-state index in [4.69, 9.17) is 9.16 Å². The molecule has 0 atom stereocenters. The van der Waals surface area contributed by atoms with Crippen LogP contribution in [0.1, 0.15) is 33.6 Å². The van der Waals surface area contributed by atoms with Gasteiger partial charge in [0.25, 0.3) is 0 Å². The summed E-state index contributed by atoms with van der Waals surface area (Å²) in [7, 11) is -1.36. The van der Waals surface area contributed by atoms with Crippen LogP contribution < -0.4 is 10.4 Å². The molecular weight excluding hydrogens is 340 g/mol. The standard InChI is InChI=1S/C22H26O3Si/c1-22(2,3)26(18-11-7-5-8-12-18,19-13-9-6-10-14-19)25-20(17-15-16-17)21(23)24-4/h5-14H,15-16H2,1-4H3. The molecule has 136 valence electrons. The SMILES string of the molecule is COC(=O)C(O[Si](c1ccccc1)(c1ccccc1)C(C)(C)C)=C1CC1. The van der Waals surface area contributed by atoms with Gasteiger partial charge in [0, 0.05) is 0 Å². The van der Waals surface area contributed by atoms with Gasteiger partial charge in [-0.2, -0.15) is 0 Å². The van der Waals surface area contributed by atoms with E-state index in [0.717, 1.165) is 28.8 Å². The Hall–Kier alpha value is -2.33. The predicted octanol–water partition coefficient (Wildman–Crippen LogP) is 3.78. The van der Waals surface area contributed by atoms with Crippen LogP contribution in [0.25, 0.3) is 0 Å². The molecule has 3 nitrogen and oxygen atoms in total. The molecule has 1 aliphatic carbocycles. The van der Waals surface area contributed by atoms with Gasteiger partial charge in [0.05, 0.1) is 7.11 Å². The van der Waals surface area contributed by atoms with Crippen molar-refractivity contribution >= 4 is 24.7 Å². The second-order valence-corrected chi connectivity index (χ2v) is 11.9. The normalized spacial score (nSPS) is 13.9. The topological polar surface area (TPSA) is 35.5 Å². The quantitative estimate of drug-likeness (QED) is 0.350. The van der Waals surface area contributed by atoms with E-state index in [2.05, 4.69) is 45.0 Å². The summed E-state index contributed by atoms with van der Waals surface area (Å²) >= 11 is 0. The number of ether oxygens (including phenoxy) is 1. The molecule has 0 aromatic heterocycles. The van der Waals surface area contributed by atoms with E-state index < -0.39 is 8.32 Å². The molecule has 1 aliphatic rings. The Morgan fingerprint density at radius 3 is 1.69 bits per heavy atom. The van der Waals surface area contributed by atoms with Gasteiger partial charge in [-0.05, 0) is 33.8 Å². The number of benzene rings is 2. The molecule has 0 bridgehead atoms. The highest BCUT2D eigenvalue weighted by molar-refractivity contribution is 6.99. The van der Waals surface area contributed by atoms with Crippen molar-refractivity contribution < 1.29 is 14.0 Å². The Morgan fingerprint density at radius 2 is 1.35 bits per heavy atom. The predicted molar refractivity (Wildman–Crippen MR) is 107 cm³/mol. The largest absolute Gasteiger partial charge is 0.529 e. The van der Waals surface area contributed by atoms with Crippen molar-refractivity contribution in [3.05, 3.63) is 72.0 Å². The van der Waals surface area contributed by atoms with E-state index >= 15 is 0 Å². The zero-order valence-electron chi connectivity index (χ0n) is 15.9. The molecule has 0 saturated heterocycles. The second kappa shape index (κ2) is 7.12. The van der Waals surface area contributed by atoms with E-state index in [1.165, 1.54) is 7.11 Å². The lowest BCUT2D eigenvalue weighted by molar-refractivity contribution is -0.138. The van der Waals surface area contributed by atoms with Gasteiger partial charge in [-0.3, -0.25) is 0 Å². The average molecular weight is 367 g/mol. The Kier molecular flexibility index (Phi) is 5.05. The molecule has 2 aromatic carbocycles. The van der Waals surface area contributed by atoms with Crippen molar-refractivity contribution in [1.29, 1.82) is 0 Å². The maximum absolute atomic E-state index is 12.5. The first-order valence-corrected chi connectivity index (χ1v) is 10.9. The van der Waals surface area contributed by atoms with Crippen LogP contribution in [0.4, 0.5) is 0 Å². The van der Waals surface area contributed by atoms with Crippen LogP contribution in [0.5, 0.6) is 0 Å². The summed E-state index contributed by atoms with van der Waals surface area (Å²) in [6.07, 6.45) is 1.81. The van der Waals surface area contributed by atoms with Gasteiger partial charge in [-0.1, -0.05) is 81.4 Å². The molecule has 0 aliphatic heterocycles. The first kappa shape index (κ1) is 18.5. The number of allylic oxidation sites excluding steroid dienone is 1. The molecule has 0 amide bonds. The highest BCUT2D eigenvalue weighted by atomic mass is 28.4. The summed E-state index contributed by atoms with van der Waals surface area (Å²) in [6, 6.07) is 20.7. The van der Waals surface area contributed by atoms with Crippen LogP contribution in [-0.4, -0.2) is 21.4 Å². The molecule has 0 heterocycles. The molecule has 2 aromatic rings. The fraction of sp³-hybridized carbons (Fsp3) is 0.318. The summed E-state index contributed by atoms with van der Waals surface area (Å²) in [5.74, 6) is 0.0484. The third-order valence-electron chi connectivity index (χ3n) is 4.86. The third kappa shape index (κ3) is 3.34. The minimum absolute atomic E-state index is 0.176. The summed E-state index contributed by atoms with van der Waals surface area (Å²) in [6.45, 7) is 6.60. The highest BCUT2D eigenvalue weighted by Gasteiger charge is 2.53. The molecule has 0 spiro atoms. The minimum atomic E-state index is -2.77. The maximum atomic E-state index is 12.5. The smallest absolute Gasteiger partial charge is 0.371 e. The summed E-state index contributed by atoms with van der Waals surface area (Å²) in [4.78, 5) is 12.5. The summed E-state index contributed by atoms with van der Waals surface area (Å²) in [5, 5.41) is 2.13. The summed E-state index contributed by atoms with van der Waals surface area (Å²) in [5.41, 5.74) is 1.06. The molecule has 4 heteroatoms. The van der Waals surface area contributed by atoms with Crippen LogP contribution >= 0.6 is 0 Å². The Labute approximate surface area is 156 Å². The molecule has 1 fully saturated rings. The number of hydrogen-bond acceptors (Lipinski definition) is 3. The average Bonchev–Trinajstić information content (AvgIpc) is 3.47. The number of methoxy groups -OCH3 is 1. The minimum Gasteiger partial charge on any atom is -0.529 e. The lowest BCUT2D eigenvalue weighted by atomic mass is 10.2. The Bertz CT molecular complexity index is 759. The maximum Gasteiger partial charge on any atom is 0.371 e. The van der Waals surface area contributed by atoms with Crippen LogP contribution in [-0.2, 0) is 14.0 Å². The Morgan fingerprint density at radius 1 is 0.885 bits per heavy atom. The first-order valence-electron chi connectivity index (χ1n) is 9.00. The van der Waals surface area contributed by atoms with E-state index in [9.17, 15) is 4.79 Å². The Balaban J connectivity index is 2.25. The second-order valence-electron chi connectivity index (χ2n) is 7.69. The van der Waals surface area contributed by atoms with Crippen molar-refractivity contribution in [2.75, 3.05) is 7.11 Å². The van der Waals surface area contributed by atoms with Crippen LogP contribution in [0.3, 0.4) is 0 Å². The highest BCUT2D eigenvalue weighted by Crippen LogP contribution is 2.41. The molecular formula is C22H26O3Si. The van der Waals surface area contributed by atoms with Gasteiger partial charge in [-0.25, -0.2) is 4.79 Å². The molecule has 0 N–H and O–H groups in total. The van der Waals surface area contributed by atoms with Crippen molar-refractivity contribution in [2.24, 2.45) is 0 Å². The summed E-state index contributed by atoms with van der Waals surface area (Å²) < 4.78 is 11.8. The van der Waals surface area contributed by atoms with Crippen molar-refractivity contribution in [2.45, 2.75) is 38.7 Å².